The first-order valence-electron chi connectivity index (χ1n) is 6.12. The average Bonchev–Trinajstić information content (AvgIpc) is 3.08. The number of halogens is 1. The normalized spacial score (nSPS) is 11.4. The van der Waals surface area contributed by atoms with Gasteiger partial charge in [-0.1, -0.05) is 21.1 Å². The van der Waals surface area contributed by atoms with Crippen molar-refractivity contribution in [3.63, 3.8) is 0 Å². The highest BCUT2D eigenvalue weighted by molar-refractivity contribution is 9.10. The van der Waals surface area contributed by atoms with Crippen molar-refractivity contribution < 1.29 is 4.52 Å². The Labute approximate surface area is 122 Å². The maximum atomic E-state index is 4.84. The molecule has 0 aliphatic carbocycles. The van der Waals surface area contributed by atoms with Gasteiger partial charge >= 0.3 is 0 Å². The molecule has 0 fully saturated rings. The molecule has 0 radical (unpaired) electrons. The number of aromatic amines is 1. The summed E-state index contributed by atoms with van der Waals surface area (Å²) in [6, 6.07) is 7.82. The van der Waals surface area contributed by atoms with E-state index in [4.69, 9.17) is 4.52 Å². The topological polar surface area (TPSA) is 67.6 Å². The van der Waals surface area contributed by atoms with Crippen LogP contribution < -0.4 is 0 Å². The zero-order valence-corrected chi connectivity index (χ0v) is 11.9. The summed E-state index contributed by atoms with van der Waals surface area (Å²) in [6.45, 7) is 0. The molecule has 0 amide bonds. The van der Waals surface area contributed by atoms with Crippen molar-refractivity contribution in [3.05, 3.63) is 52.7 Å². The fourth-order valence-electron chi connectivity index (χ4n) is 2.27. The number of nitrogens with one attached hydrogen (secondary N) is 1. The molecule has 0 bridgehead atoms. The number of nitrogens with zero attached hydrogens (tertiary/aromatic N) is 3. The van der Waals surface area contributed by atoms with Crippen molar-refractivity contribution in [3.8, 4) is 0 Å². The largest absolute Gasteiger partial charge is 0.364 e. The highest BCUT2D eigenvalue weighted by atomic mass is 79.9. The molecule has 6 heteroatoms. The second-order valence-electron chi connectivity index (χ2n) is 4.53. The molecular formula is C14H9BrN4O. The van der Waals surface area contributed by atoms with Crippen molar-refractivity contribution >= 4 is 37.9 Å². The van der Waals surface area contributed by atoms with Crippen LogP contribution in [-0.2, 0) is 6.42 Å². The first kappa shape index (κ1) is 11.6. The summed E-state index contributed by atoms with van der Waals surface area (Å²) in [5.41, 5.74) is 3.63. The molecule has 1 aromatic carbocycles. The maximum absolute atomic E-state index is 4.84. The lowest BCUT2D eigenvalue weighted by Crippen LogP contribution is -1.89. The molecule has 98 valence electrons. The quantitative estimate of drug-likeness (QED) is 0.612. The van der Waals surface area contributed by atoms with E-state index in [1.807, 2.05) is 30.5 Å². The highest BCUT2D eigenvalue weighted by Gasteiger charge is 2.09. The van der Waals surface area contributed by atoms with Crippen LogP contribution in [0.25, 0.3) is 21.9 Å². The van der Waals surface area contributed by atoms with Gasteiger partial charge in [-0.3, -0.25) is 4.98 Å². The predicted molar refractivity (Wildman–Crippen MR) is 78.4 cm³/mol. The van der Waals surface area contributed by atoms with Crippen LogP contribution in [-0.4, -0.2) is 20.1 Å². The van der Waals surface area contributed by atoms with Gasteiger partial charge in [0.25, 0.3) is 0 Å². The third-order valence-electron chi connectivity index (χ3n) is 3.17. The minimum atomic E-state index is 0.612. The molecule has 4 aromatic rings. The lowest BCUT2D eigenvalue weighted by molar-refractivity contribution is 0.412. The molecule has 0 aliphatic rings. The van der Waals surface area contributed by atoms with Gasteiger partial charge in [0.1, 0.15) is 12.1 Å². The van der Waals surface area contributed by atoms with E-state index in [1.54, 1.807) is 6.26 Å². The summed E-state index contributed by atoms with van der Waals surface area (Å²) >= 11 is 3.49. The van der Waals surface area contributed by atoms with Gasteiger partial charge in [-0.05, 0) is 18.2 Å². The van der Waals surface area contributed by atoms with Crippen LogP contribution in [0.5, 0.6) is 0 Å². The van der Waals surface area contributed by atoms with E-state index in [0.717, 1.165) is 37.9 Å². The van der Waals surface area contributed by atoms with Crippen molar-refractivity contribution in [2.24, 2.45) is 0 Å². The number of rotatable bonds is 2. The van der Waals surface area contributed by atoms with Gasteiger partial charge in [0.05, 0.1) is 34.9 Å². The summed E-state index contributed by atoms with van der Waals surface area (Å²) in [7, 11) is 0. The molecule has 4 rings (SSSR count). The van der Waals surface area contributed by atoms with Crippen LogP contribution in [0.4, 0.5) is 0 Å². The van der Waals surface area contributed by atoms with E-state index < -0.39 is 0 Å². The molecule has 0 unspecified atom stereocenters. The number of H-pyrrole nitrogens is 1. The Kier molecular flexibility index (Phi) is 2.56. The number of hydrogen-bond donors (Lipinski definition) is 1. The van der Waals surface area contributed by atoms with E-state index in [-0.39, 0.29) is 0 Å². The summed E-state index contributed by atoms with van der Waals surface area (Å²) in [4.78, 5) is 12.4. The highest BCUT2D eigenvalue weighted by Crippen LogP contribution is 2.25. The average molecular weight is 329 g/mol. The van der Waals surface area contributed by atoms with Crippen molar-refractivity contribution in [2.45, 2.75) is 6.42 Å². The van der Waals surface area contributed by atoms with Gasteiger partial charge in [0, 0.05) is 15.9 Å². The van der Waals surface area contributed by atoms with E-state index in [9.17, 15) is 0 Å². The van der Waals surface area contributed by atoms with Crippen LogP contribution in [0.2, 0.25) is 0 Å². The third kappa shape index (κ3) is 1.89. The maximum Gasteiger partial charge on any atom is 0.124 e. The van der Waals surface area contributed by atoms with Crippen molar-refractivity contribution in [1.29, 1.82) is 0 Å². The Balaban J connectivity index is 1.89. The van der Waals surface area contributed by atoms with E-state index in [1.165, 1.54) is 0 Å². The standard InChI is InChI=1S/C14H9BrN4O/c15-8-1-2-11-10(5-8)14-12(7-16-11)17-13(18-14)6-9-3-4-20-19-9/h1-5,7H,6H2,(H,17,18). The zero-order valence-electron chi connectivity index (χ0n) is 10.3. The van der Waals surface area contributed by atoms with E-state index in [0.29, 0.717) is 6.42 Å². The molecule has 0 spiro atoms. The monoisotopic (exact) mass is 328 g/mol. The molecule has 20 heavy (non-hydrogen) atoms. The summed E-state index contributed by atoms with van der Waals surface area (Å²) in [6.07, 6.45) is 3.98. The summed E-state index contributed by atoms with van der Waals surface area (Å²) < 4.78 is 5.85. The van der Waals surface area contributed by atoms with Crippen LogP contribution >= 0.6 is 15.9 Å². The van der Waals surface area contributed by atoms with Crippen LogP contribution in [0.1, 0.15) is 11.5 Å². The van der Waals surface area contributed by atoms with Crippen LogP contribution in [0, 0.1) is 0 Å². The van der Waals surface area contributed by atoms with E-state index >= 15 is 0 Å². The predicted octanol–water partition coefficient (Wildman–Crippen LogP) is 3.45. The Morgan fingerprint density at radius 1 is 1.25 bits per heavy atom. The molecular weight excluding hydrogens is 320 g/mol. The molecule has 0 atom stereocenters. The molecule has 5 nitrogen and oxygen atoms in total. The van der Waals surface area contributed by atoms with E-state index in [2.05, 4.69) is 36.0 Å². The Bertz CT molecular complexity index is 898. The van der Waals surface area contributed by atoms with Gasteiger partial charge in [-0.2, -0.15) is 0 Å². The molecule has 1 N–H and O–H groups in total. The van der Waals surface area contributed by atoms with Gasteiger partial charge in [-0.25, -0.2) is 4.98 Å². The zero-order chi connectivity index (χ0) is 13.5. The van der Waals surface area contributed by atoms with Crippen molar-refractivity contribution in [2.75, 3.05) is 0 Å². The molecule has 3 aromatic heterocycles. The minimum Gasteiger partial charge on any atom is -0.364 e. The minimum absolute atomic E-state index is 0.612. The van der Waals surface area contributed by atoms with Crippen molar-refractivity contribution in [1.82, 2.24) is 20.1 Å². The van der Waals surface area contributed by atoms with Crippen LogP contribution in [0.3, 0.4) is 0 Å². The van der Waals surface area contributed by atoms with Gasteiger partial charge in [-0.15, -0.1) is 0 Å². The molecule has 0 saturated carbocycles. The molecule has 0 aliphatic heterocycles. The molecule has 0 saturated heterocycles. The number of fused-ring (bicyclic) bond motifs is 3. The third-order valence-corrected chi connectivity index (χ3v) is 3.66. The van der Waals surface area contributed by atoms with Gasteiger partial charge in [0.15, 0.2) is 0 Å². The smallest absolute Gasteiger partial charge is 0.124 e. The Hall–Kier alpha value is -2.21. The number of aromatic nitrogens is 4. The first-order chi connectivity index (χ1) is 9.79. The molecule has 3 heterocycles. The second-order valence-corrected chi connectivity index (χ2v) is 5.45. The number of pyridine rings is 1. The summed E-state index contributed by atoms with van der Waals surface area (Å²) in [5, 5.41) is 4.93. The lowest BCUT2D eigenvalue weighted by Gasteiger charge is -1.98. The number of benzene rings is 1. The second kappa shape index (κ2) is 4.42. The number of imidazole rings is 1. The van der Waals surface area contributed by atoms with Crippen LogP contribution in [0.15, 0.2) is 45.7 Å². The van der Waals surface area contributed by atoms with Gasteiger partial charge in [0.2, 0.25) is 0 Å². The summed E-state index contributed by atoms with van der Waals surface area (Å²) in [5.74, 6) is 0.850. The lowest BCUT2D eigenvalue weighted by atomic mass is 10.2. The fourth-order valence-corrected chi connectivity index (χ4v) is 2.63. The Morgan fingerprint density at radius 3 is 3.05 bits per heavy atom. The number of hydrogen-bond acceptors (Lipinski definition) is 4. The Morgan fingerprint density at radius 2 is 2.20 bits per heavy atom. The van der Waals surface area contributed by atoms with Gasteiger partial charge < -0.3 is 9.51 Å². The SMILES string of the molecule is Brc1ccc2ncc3[nH]c(Cc4ccon4)nc3c2c1. The first-order valence-corrected chi connectivity index (χ1v) is 6.91. The fraction of sp³-hybridized carbons (Fsp3) is 0.0714.